The first-order chi connectivity index (χ1) is 12.9. The highest BCUT2D eigenvalue weighted by molar-refractivity contribution is 5.92. The number of aromatic nitrogens is 1. The van der Waals surface area contributed by atoms with Crippen LogP contribution in [-0.2, 0) is 12.0 Å². The summed E-state index contributed by atoms with van der Waals surface area (Å²) >= 11 is 0. The number of aromatic amines is 1. The molecule has 3 nitrogen and oxygen atoms in total. The molecule has 0 saturated carbocycles. The molecule has 1 fully saturated rings. The molecule has 1 aliphatic rings. The fraction of sp³-hybridized carbons (Fsp3) is 0.417. The number of hydrogen-bond donors (Lipinski definition) is 2. The highest BCUT2D eigenvalue weighted by atomic mass is 16.3. The van der Waals surface area contributed by atoms with E-state index in [1.54, 1.807) is 6.07 Å². The van der Waals surface area contributed by atoms with Crippen molar-refractivity contribution in [2.24, 2.45) is 0 Å². The van der Waals surface area contributed by atoms with E-state index in [0.717, 1.165) is 35.0 Å². The molecule has 0 bridgehead atoms. The fourth-order valence-electron chi connectivity index (χ4n) is 4.55. The molecule has 4 rings (SSSR count). The summed E-state index contributed by atoms with van der Waals surface area (Å²) in [5, 5.41) is 11.2. The Morgan fingerprint density at radius 2 is 1.67 bits per heavy atom. The molecule has 0 radical (unpaired) electrons. The van der Waals surface area contributed by atoms with Gasteiger partial charge >= 0.3 is 0 Å². The molecule has 0 amide bonds. The number of benzene rings is 2. The minimum Gasteiger partial charge on any atom is -0.508 e. The van der Waals surface area contributed by atoms with E-state index in [9.17, 15) is 5.11 Å². The summed E-state index contributed by atoms with van der Waals surface area (Å²) in [4.78, 5) is 3.43. The van der Waals surface area contributed by atoms with Crippen molar-refractivity contribution in [3.63, 3.8) is 0 Å². The summed E-state index contributed by atoms with van der Waals surface area (Å²) in [6.45, 7) is 10.1. The first-order valence-corrected chi connectivity index (χ1v) is 10.1. The van der Waals surface area contributed by atoms with E-state index in [2.05, 4.69) is 56.2 Å². The molecule has 1 aromatic heterocycles. The van der Waals surface area contributed by atoms with Crippen molar-refractivity contribution in [2.45, 2.75) is 52.0 Å². The number of aromatic hydroxyl groups is 1. The summed E-state index contributed by atoms with van der Waals surface area (Å²) in [7, 11) is 0. The Kier molecular flexibility index (Phi) is 4.51. The lowest BCUT2D eigenvalue weighted by Crippen LogP contribution is -2.51. The monoisotopic (exact) mass is 363 g/mol. The number of rotatable bonds is 3. The minimum absolute atomic E-state index is 0.185. The minimum atomic E-state index is 0.185. The van der Waals surface area contributed by atoms with Crippen molar-refractivity contribution in [3.8, 4) is 5.75 Å². The van der Waals surface area contributed by atoms with Gasteiger partial charge in [-0.05, 0) is 48.4 Å². The number of fused-ring (bicyclic) bond motifs is 1. The number of phenolic OH excluding ortho intramolecular Hbond substituents is 1. The number of piperidine rings is 1. The van der Waals surface area contributed by atoms with Gasteiger partial charge in [0, 0.05) is 5.56 Å². The van der Waals surface area contributed by atoms with E-state index in [1.807, 2.05) is 12.1 Å². The van der Waals surface area contributed by atoms with Crippen LogP contribution in [0.15, 0.2) is 48.7 Å². The van der Waals surface area contributed by atoms with Crippen LogP contribution in [0.25, 0.3) is 10.9 Å². The molecule has 3 aromatic rings. The van der Waals surface area contributed by atoms with Gasteiger partial charge in [0.2, 0.25) is 0 Å². The van der Waals surface area contributed by atoms with Gasteiger partial charge in [0.1, 0.15) is 12.3 Å². The average molecular weight is 364 g/mol. The maximum atomic E-state index is 10.0. The molecule has 3 heteroatoms. The molecule has 2 heterocycles. The quantitative estimate of drug-likeness (QED) is 0.562. The van der Waals surface area contributed by atoms with Gasteiger partial charge in [-0.15, -0.1) is 0 Å². The Labute approximate surface area is 162 Å². The van der Waals surface area contributed by atoms with Crippen LogP contribution >= 0.6 is 0 Å². The second kappa shape index (κ2) is 6.72. The highest BCUT2D eigenvalue weighted by Crippen LogP contribution is 2.38. The van der Waals surface area contributed by atoms with Crippen LogP contribution in [0.5, 0.6) is 5.75 Å². The van der Waals surface area contributed by atoms with E-state index in [-0.39, 0.29) is 5.41 Å². The lowest BCUT2D eigenvalue weighted by molar-refractivity contribution is 0.222. The van der Waals surface area contributed by atoms with Crippen LogP contribution in [0.1, 0.15) is 51.2 Å². The molecule has 2 aromatic carbocycles. The fourth-order valence-corrected chi connectivity index (χ4v) is 4.55. The number of phenols is 1. The molecule has 0 spiro atoms. The summed E-state index contributed by atoms with van der Waals surface area (Å²) in [6.07, 6.45) is 5.99. The van der Waals surface area contributed by atoms with Crippen molar-refractivity contribution in [1.29, 1.82) is 0 Å². The van der Waals surface area contributed by atoms with Crippen molar-refractivity contribution < 1.29 is 5.11 Å². The lowest BCUT2D eigenvalue weighted by Gasteiger charge is -2.41. The van der Waals surface area contributed by atoms with Crippen LogP contribution in [0.3, 0.4) is 0 Å². The third kappa shape index (κ3) is 3.49. The molecule has 0 aliphatic carbocycles. The second-order valence-corrected chi connectivity index (χ2v) is 9.16. The third-order valence-corrected chi connectivity index (χ3v) is 6.13. The van der Waals surface area contributed by atoms with Gasteiger partial charge in [0.15, 0.2) is 5.69 Å². The Morgan fingerprint density at radius 3 is 2.33 bits per heavy atom. The van der Waals surface area contributed by atoms with Crippen LogP contribution in [0.2, 0.25) is 0 Å². The Hall–Kier alpha value is -2.26. The SMILES string of the molecule is CC(C)(C)c1ccc(C[N+]2(c3c[nH]c4ccc(O)cc34)CCCCC2)cc1. The van der Waals surface area contributed by atoms with Crippen molar-refractivity contribution in [3.05, 3.63) is 59.8 Å². The number of H-pyrrole nitrogens is 1. The zero-order valence-electron chi connectivity index (χ0n) is 16.8. The first kappa shape index (κ1) is 18.1. The molecule has 142 valence electrons. The van der Waals surface area contributed by atoms with Gasteiger partial charge < -0.3 is 10.1 Å². The van der Waals surface area contributed by atoms with E-state index >= 15 is 0 Å². The van der Waals surface area contributed by atoms with Gasteiger partial charge in [0.25, 0.3) is 0 Å². The molecule has 2 N–H and O–H groups in total. The average Bonchev–Trinajstić information content (AvgIpc) is 3.06. The number of quaternary nitrogens is 1. The van der Waals surface area contributed by atoms with Gasteiger partial charge in [-0.3, -0.25) is 4.48 Å². The number of nitrogens with zero attached hydrogens (tertiary/aromatic N) is 1. The first-order valence-electron chi connectivity index (χ1n) is 10.1. The van der Waals surface area contributed by atoms with Gasteiger partial charge in [0.05, 0.1) is 30.2 Å². The van der Waals surface area contributed by atoms with Crippen molar-refractivity contribution in [2.75, 3.05) is 13.1 Å². The topological polar surface area (TPSA) is 36.0 Å². The van der Waals surface area contributed by atoms with Crippen molar-refractivity contribution in [1.82, 2.24) is 9.47 Å². The molecule has 1 aliphatic heterocycles. The molecule has 27 heavy (non-hydrogen) atoms. The maximum Gasteiger partial charge on any atom is 0.158 e. The maximum absolute atomic E-state index is 10.0. The summed E-state index contributed by atoms with van der Waals surface area (Å²) < 4.78 is 0.971. The van der Waals surface area contributed by atoms with Crippen LogP contribution in [-0.4, -0.2) is 23.2 Å². The van der Waals surface area contributed by atoms with E-state index < -0.39 is 0 Å². The largest absolute Gasteiger partial charge is 0.508 e. The second-order valence-electron chi connectivity index (χ2n) is 9.16. The molecule has 1 saturated heterocycles. The number of hydrogen-bond acceptors (Lipinski definition) is 1. The molecule has 0 unspecified atom stereocenters. The molecular weight excluding hydrogens is 332 g/mol. The smallest absolute Gasteiger partial charge is 0.158 e. The number of likely N-dealkylation sites (tertiary alicyclic amines) is 1. The molecule has 0 atom stereocenters. The lowest BCUT2D eigenvalue weighted by atomic mass is 9.86. The van der Waals surface area contributed by atoms with Gasteiger partial charge in [-0.2, -0.15) is 0 Å². The van der Waals surface area contributed by atoms with E-state index in [4.69, 9.17) is 0 Å². The highest BCUT2D eigenvalue weighted by Gasteiger charge is 2.35. The predicted octanol–water partition coefficient (Wildman–Crippen LogP) is 5.86. The van der Waals surface area contributed by atoms with Crippen LogP contribution in [0, 0.1) is 0 Å². The van der Waals surface area contributed by atoms with E-state index in [0.29, 0.717) is 5.75 Å². The zero-order valence-corrected chi connectivity index (χ0v) is 16.8. The standard InChI is InChI=1S/C24H30N2O/c1-24(2,3)19-9-7-18(8-10-19)17-26(13-5-4-6-14-26)23-16-25-22-12-11-20(27)15-21(22)23/h7-12,15-16,25H,4-6,13-14,17H2,1-3H3/p+1. The Bertz CT molecular complexity index is 925. The van der Waals surface area contributed by atoms with E-state index in [1.165, 1.54) is 36.1 Å². The Morgan fingerprint density at radius 1 is 0.963 bits per heavy atom. The van der Waals surface area contributed by atoms with Crippen LogP contribution in [0.4, 0.5) is 5.69 Å². The molecular formula is C24H31N2O+. The normalized spacial score (nSPS) is 17.3. The van der Waals surface area contributed by atoms with Crippen molar-refractivity contribution >= 4 is 16.6 Å². The summed E-state index contributed by atoms with van der Waals surface area (Å²) in [5.41, 5.74) is 5.38. The predicted molar refractivity (Wildman–Crippen MR) is 114 cm³/mol. The van der Waals surface area contributed by atoms with Crippen LogP contribution < -0.4 is 4.48 Å². The van der Waals surface area contributed by atoms with Gasteiger partial charge in [-0.25, -0.2) is 0 Å². The summed E-state index contributed by atoms with van der Waals surface area (Å²) in [5.74, 6) is 0.341. The third-order valence-electron chi connectivity index (χ3n) is 6.13. The van der Waals surface area contributed by atoms with Gasteiger partial charge in [-0.1, -0.05) is 45.0 Å². The zero-order chi connectivity index (χ0) is 19.1. The summed E-state index contributed by atoms with van der Waals surface area (Å²) in [6, 6.07) is 14.8. The number of nitrogens with one attached hydrogen (secondary N) is 1. The Balaban J connectivity index is 1.73.